The molecule has 0 saturated heterocycles. The van der Waals surface area contributed by atoms with Gasteiger partial charge < -0.3 is 11.5 Å². The molecule has 5 N–H and O–H groups in total. The fourth-order valence-corrected chi connectivity index (χ4v) is 2.97. The van der Waals surface area contributed by atoms with E-state index >= 15 is 0 Å². The number of benzene rings is 1. The van der Waals surface area contributed by atoms with Crippen molar-refractivity contribution in [1.82, 2.24) is 9.84 Å². The normalized spacial score (nSPS) is 16.1. The van der Waals surface area contributed by atoms with Crippen LogP contribution in [0.25, 0.3) is 0 Å². The average molecular weight is 278 g/mol. The summed E-state index contributed by atoms with van der Waals surface area (Å²) in [5, 5.41) is 0. The second-order valence-corrected chi connectivity index (χ2v) is 5.34. The SMILES string of the molecule is CCC1=C(C(=O)c2ccc(N)c(N)c2)SN(NC)C1. The van der Waals surface area contributed by atoms with Crippen LogP contribution in [0.4, 0.5) is 11.4 Å². The number of nitrogens with two attached hydrogens (primary N) is 2. The Morgan fingerprint density at radius 2 is 2.16 bits per heavy atom. The largest absolute Gasteiger partial charge is 0.397 e. The molecule has 1 aliphatic rings. The van der Waals surface area contributed by atoms with E-state index in [0.717, 1.165) is 23.4 Å². The van der Waals surface area contributed by atoms with Crippen molar-refractivity contribution in [2.24, 2.45) is 0 Å². The summed E-state index contributed by atoms with van der Waals surface area (Å²) in [5.41, 5.74) is 17.1. The van der Waals surface area contributed by atoms with Crippen molar-refractivity contribution in [2.45, 2.75) is 13.3 Å². The topological polar surface area (TPSA) is 84.4 Å². The van der Waals surface area contributed by atoms with Crippen molar-refractivity contribution in [1.29, 1.82) is 0 Å². The smallest absolute Gasteiger partial charge is 0.200 e. The zero-order valence-corrected chi connectivity index (χ0v) is 11.9. The first-order valence-corrected chi connectivity index (χ1v) is 6.88. The van der Waals surface area contributed by atoms with Crippen molar-refractivity contribution < 1.29 is 4.79 Å². The van der Waals surface area contributed by atoms with E-state index in [1.54, 1.807) is 18.2 Å². The van der Waals surface area contributed by atoms with Crippen LogP contribution in [0.1, 0.15) is 23.7 Å². The van der Waals surface area contributed by atoms with Crippen LogP contribution in [0.15, 0.2) is 28.7 Å². The molecule has 0 unspecified atom stereocenters. The van der Waals surface area contributed by atoms with Gasteiger partial charge in [-0.05, 0) is 49.2 Å². The lowest BCUT2D eigenvalue weighted by Crippen LogP contribution is -2.26. The van der Waals surface area contributed by atoms with Gasteiger partial charge in [-0.1, -0.05) is 6.92 Å². The minimum atomic E-state index is 0.00583. The first-order chi connectivity index (χ1) is 9.06. The van der Waals surface area contributed by atoms with Gasteiger partial charge in [0, 0.05) is 12.1 Å². The van der Waals surface area contributed by atoms with Gasteiger partial charge in [0.1, 0.15) is 0 Å². The molecule has 0 spiro atoms. The molecule has 2 rings (SSSR count). The molecule has 6 heteroatoms. The van der Waals surface area contributed by atoms with Crippen molar-refractivity contribution in [3.63, 3.8) is 0 Å². The zero-order chi connectivity index (χ0) is 14.0. The Bertz CT molecular complexity index is 541. The molecule has 1 aromatic rings. The predicted octanol–water partition coefficient (Wildman–Crippen LogP) is 1.80. The fourth-order valence-electron chi connectivity index (χ4n) is 1.90. The van der Waals surface area contributed by atoms with E-state index in [2.05, 4.69) is 12.3 Å². The summed E-state index contributed by atoms with van der Waals surface area (Å²) in [6.07, 6.45) is 0.858. The van der Waals surface area contributed by atoms with Crippen molar-refractivity contribution in [3.05, 3.63) is 34.2 Å². The second kappa shape index (κ2) is 5.64. The van der Waals surface area contributed by atoms with Gasteiger partial charge in [-0.25, -0.2) is 5.43 Å². The van der Waals surface area contributed by atoms with Gasteiger partial charge in [-0.2, -0.15) is 4.41 Å². The van der Waals surface area contributed by atoms with Gasteiger partial charge in [0.05, 0.1) is 16.3 Å². The molecule has 0 bridgehead atoms. The molecule has 0 amide bonds. The maximum atomic E-state index is 12.5. The highest BCUT2D eigenvalue weighted by Crippen LogP contribution is 2.35. The van der Waals surface area contributed by atoms with Gasteiger partial charge in [0.25, 0.3) is 0 Å². The zero-order valence-electron chi connectivity index (χ0n) is 11.1. The van der Waals surface area contributed by atoms with E-state index in [1.807, 2.05) is 11.5 Å². The van der Waals surface area contributed by atoms with Crippen LogP contribution in [0.3, 0.4) is 0 Å². The number of ketones is 1. The van der Waals surface area contributed by atoms with E-state index in [9.17, 15) is 4.79 Å². The third-order valence-electron chi connectivity index (χ3n) is 3.09. The lowest BCUT2D eigenvalue weighted by molar-refractivity contribution is 0.104. The van der Waals surface area contributed by atoms with Crippen LogP contribution < -0.4 is 16.9 Å². The minimum Gasteiger partial charge on any atom is -0.397 e. The number of hydrazine groups is 1. The molecule has 0 fully saturated rings. The lowest BCUT2D eigenvalue weighted by Gasteiger charge is -2.11. The summed E-state index contributed by atoms with van der Waals surface area (Å²) >= 11 is 1.44. The predicted molar refractivity (Wildman–Crippen MR) is 80.3 cm³/mol. The molecule has 5 nitrogen and oxygen atoms in total. The number of anilines is 2. The molecule has 102 valence electrons. The summed E-state index contributed by atoms with van der Waals surface area (Å²) in [4.78, 5) is 13.3. The van der Waals surface area contributed by atoms with Gasteiger partial charge >= 0.3 is 0 Å². The standard InChI is InChI=1S/C13H18N4OS/c1-3-8-7-17(16-2)19-13(8)12(18)9-4-5-10(14)11(15)6-9/h4-6,16H,3,7,14-15H2,1-2H3. The molecule has 1 aliphatic heterocycles. The summed E-state index contributed by atoms with van der Waals surface area (Å²) in [5.74, 6) is 0.00583. The number of carbonyl (C=O) groups excluding carboxylic acids is 1. The Morgan fingerprint density at radius 1 is 1.42 bits per heavy atom. The maximum Gasteiger partial charge on any atom is 0.200 e. The number of rotatable bonds is 4. The van der Waals surface area contributed by atoms with E-state index in [-0.39, 0.29) is 5.78 Å². The number of nitrogens with zero attached hydrogens (tertiary/aromatic N) is 1. The van der Waals surface area contributed by atoms with Crippen LogP contribution >= 0.6 is 11.9 Å². The Balaban J connectivity index is 2.30. The molecule has 19 heavy (non-hydrogen) atoms. The summed E-state index contributed by atoms with van der Waals surface area (Å²) in [7, 11) is 1.84. The fraction of sp³-hybridized carbons (Fsp3) is 0.308. The quantitative estimate of drug-likeness (QED) is 0.442. The molecule has 1 aromatic carbocycles. The van der Waals surface area contributed by atoms with Gasteiger partial charge in [0.2, 0.25) is 5.78 Å². The number of hydrogen-bond acceptors (Lipinski definition) is 6. The third-order valence-corrected chi connectivity index (χ3v) is 4.28. The molecule has 0 aromatic heterocycles. The molecule has 0 atom stereocenters. The van der Waals surface area contributed by atoms with Crippen molar-refractivity contribution in [3.8, 4) is 0 Å². The number of carbonyl (C=O) groups is 1. The Morgan fingerprint density at radius 3 is 2.74 bits per heavy atom. The molecular weight excluding hydrogens is 260 g/mol. The third kappa shape index (κ3) is 2.75. The minimum absolute atomic E-state index is 0.00583. The van der Waals surface area contributed by atoms with Crippen LogP contribution in [0.2, 0.25) is 0 Å². The van der Waals surface area contributed by atoms with Crippen LogP contribution in [0, 0.1) is 0 Å². The summed E-state index contributed by atoms with van der Waals surface area (Å²) in [6.45, 7) is 2.81. The van der Waals surface area contributed by atoms with E-state index < -0.39 is 0 Å². The maximum absolute atomic E-state index is 12.5. The van der Waals surface area contributed by atoms with Crippen molar-refractivity contribution >= 4 is 29.1 Å². The number of nitrogen functional groups attached to an aromatic ring is 2. The molecular formula is C13H18N4OS. The first kappa shape index (κ1) is 13.9. The Hall–Kier alpha value is -1.50. The molecule has 0 aliphatic carbocycles. The highest BCUT2D eigenvalue weighted by atomic mass is 32.2. The number of nitrogens with one attached hydrogen (secondary N) is 1. The summed E-state index contributed by atoms with van der Waals surface area (Å²) < 4.78 is 1.94. The number of allylic oxidation sites excluding steroid dienone is 1. The van der Waals surface area contributed by atoms with Crippen LogP contribution in [-0.4, -0.2) is 23.8 Å². The summed E-state index contributed by atoms with van der Waals surface area (Å²) in [6, 6.07) is 5.03. The van der Waals surface area contributed by atoms with Gasteiger partial charge in [0.15, 0.2) is 0 Å². The monoisotopic (exact) mass is 278 g/mol. The average Bonchev–Trinajstić information content (AvgIpc) is 2.84. The van der Waals surface area contributed by atoms with E-state index in [0.29, 0.717) is 16.9 Å². The van der Waals surface area contributed by atoms with Crippen LogP contribution in [0.5, 0.6) is 0 Å². The van der Waals surface area contributed by atoms with Gasteiger partial charge in [-0.15, -0.1) is 0 Å². The van der Waals surface area contributed by atoms with Crippen LogP contribution in [-0.2, 0) is 0 Å². The Kier molecular flexibility index (Phi) is 4.14. The van der Waals surface area contributed by atoms with E-state index in [1.165, 1.54) is 11.9 Å². The van der Waals surface area contributed by atoms with Gasteiger partial charge in [-0.3, -0.25) is 4.79 Å². The lowest BCUT2D eigenvalue weighted by atomic mass is 10.0. The molecule has 1 heterocycles. The highest BCUT2D eigenvalue weighted by Gasteiger charge is 2.27. The molecule has 0 radical (unpaired) electrons. The molecule has 0 saturated carbocycles. The Labute approximate surface area is 117 Å². The number of hydrogen-bond donors (Lipinski definition) is 3. The van der Waals surface area contributed by atoms with Crippen molar-refractivity contribution in [2.75, 3.05) is 25.1 Å². The second-order valence-electron chi connectivity index (χ2n) is 4.31. The number of Topliss-reactive ketones (excluding diaryl/α,β-unsaturated/α-hetero) is 1. The highest BCUT2D eigenvalue weighted by molar-refractivity contribution is 8.02. The first-order valence-electron chi connectivity index (χ1n) is 6.11. The van der Waals surface area contributed by atoms with E-state index in [4.69, 9.17) is 11.5 Å².